The highest BCUT2D eigenvalue weighted by atomic mass is 127. The first kappa shape index (κ1) is 10.8. The van der Waals surface area contributed by atoms with E-state index >= 15 is 0 Å². The molecule has 0 aliphatic carbocycles. The highest BCUT2D eigenvalue weighted by Gasteiger charge is 2.22. The zero-order chi connectivity index (χ0) is 10.1. The number of benzene rings is 1. The Morgan fingerprint density at radius 2 is 2.08 bits per heavy atom. The quantitative estimate of drug-likeness (QED) is 0.725. The lowest BCUT2D eigenvalue weighted by Gasteiger charge is -2.17. The van der Waals surface area contributed by atoms with E-state index in [0.717, 1.165) is 9.13 Å². The summed E-state index contributed by atoms with van der Waals surface area (Å²) >= 11 is 8.23. The van der Waals surface area contributed by atoms with Gasteiger partial charge in [-0.2, -0.15) is 5.26 Å². The zero-order valence-electron chi connectivity index (χ0n) is 7.44. The van der Waals surface area contributed by atoms with E-state index < -0.39 is 5.41 Å². The van der Waals surface area contributed by atoms with Crippen molar-refractivity contribution in [3.63, 3.8) is 0 Å². The fourth-order valence-corrected chi connectivity index (χ4v) is 2.15. The monoisotopic (exact) mass is 305 g/mol. The van der Waals surface area contributed by atoms with Gasteiger partial charge in [0.15, 0.2) is 0 Å². The van der Waals surface area contributed by atoms with E-state index in [2.05, 4.69) is 28.7 Å². The highest BCUT2D eigenvalue weighted by molar-refractivity contribution is 14.1. The van der Waals surface area contributed by atoms with Gasteiger partial charge in [0.05, 0.1) is 11.5 Å². The Bertz CT molecular complexity index is 366. The topological polar surface area (TPSA) is 23.8 Å². The summed E-state index contributed by atoms with van der Waals surface area (Å²) in [6.45, 7) is 3.72. The van der Waals surface area contributed by atoms with E-state index in [-0.39, 0.29) is 0 Å². The maximum Gasteiger partial charge on any atom is 0.0780 e. The molecular weight excluding hydrogens is 296 g/mol. The molecule has 0 aliphatic rings. The first-order chi connectivity index (χ1) is 5.97. The second-order valence-corrected chi connectivity index (χ2v) is 5.01. The van der Waals surface area contributed by atoms with Crippen LogP contribution in [-0.4, -0.2) is 0 Å². The number of halogens is 2. The Hall–Kier alpha value is -0.270. The van der Waals surface area contributed by atoms with Crippen LogP contribution < -0.4 is 0 Å². The summed E-state index contributed by atoms with van der Waals surface area (Å²) in [6, 6.07) is 7.97. The van der Waals surface area contributed by atoms with Crippen molar-refractivity contribution in [1.82, 2.24) is 0 Å². The molecule has 0 fully saturated rings. The summed E-state index contributed by atoms with van der Waals surface area (Å²) in [5, 5.41) is 9.60. The number of hydrogen-bond donors (Lipinski definition) is 0. The van der Waals surface area contributed by atoms with Crippen molar-refractivity contribution in [1.29, 1.82) is 5.26 Å². The first-order valence-corrected chi connectivity index (χ1v) is 5.30. The van der Waals surface area contributed by atoms with Gasteiger partial charge >= 0.3 is 0 Å². The molecule has 0 saturated carbocycles. The Labute approximate surface area is 96.8 Å². The molecule has 0 aromatic heterocycles. The van der Waals surface area contributed by atoms with Crippen molar-refractivity contribution in [2.24, 2.45) is 0 Å². The Balaban J connectivity index is 3.26. The maximum atomic E-state index is 8.93. The van der Waals surface area contributed by atoms with E-state index in [1.165, 1.54) is 0 Å². The normalized spacial score (nSPS) is 11.0. The van der Waals surface area contributed by atoms with Crippen LogP contribution in [0, 0.1) is 14.9 Å². The van der Waals surface area contributed by atoms with Gasteiger partial charge in [0.2, 0.25) is 0 Å². The number of hydrogen-bond acceptors (Lipinski definition) is 1. The molecule has 0 spiro atoms. The molecule has 0 atom stereocenters. The second kappa shape index (κ2) is 3.85. The minimum atomic E-state index is -0.512. The third-order valence-corrected chi connectivity index (χ3v) is 2.87. The molecule has 0 aliphatic heterocycles. The van der Waals surface area contributed by atoms with Crippen molar-refractivity contribution < 1.29 is 0 Å². The fourth-order valence-electron chi connectivity index (χ4n) is 1.06. The molecule has 13 heavy (non-hydrogen) atoms. The van der Waals surface area contributed by atoms with Crippen LogP contribution in [0.25, 0.3) is 0 Å². The highest BCUT2D eigenvalue weighted by Crippen LogP contribution is 2.30. The van der Waals surface area contributed by atoms with Crippen molar-refractivity contribution in [3.8, 4) is 6.07 Å². The van der Waals surface area contributed by atoms with Gasteiger partial charge < -0.3 is 0 Å². The molecule has 0 bridgehead atoms. The molecule has 1 aromatic rings. The summed E-state index contributed by atoms with van der Waals surface area (Å²) in [7, 11) is 0. The summed E-state index contributed by atoms with van der Waals surface area (Å²) < 4.78 is 1.08. The van der Waals surface area contributed by atoms with Gasteiger partial charge in [-0.15, -0.1) is 0 Å². The average molecular weight is 306 g/mol. The smallest absolute Gasteiger partial charge is 0.0780 e. The molecule has 0 saturated heterocycles. The SMILES string of the molecule is CC(C)(C#N)c1ccc(I)cc1Cl. The van der Waals surface area contributed by atoms with E-state index in [0.29, 0.717) is 5.02 Å². The Morgan fingerprint density at radius 1 is 1.46 bits per heavy atom. The lowest BCUT2D eigenvalue weighted by molar-refractivity contribution is 0.687. The number of rotatable bonds is 1. The molecule has 0 radical (unpaired) electrons. The van der Waals surface area contributed by atoms with Gasteiger partial charge in [-0.1, -0.05) is 17.7 Å². The molecule has 1 rings (SSSR count). The lowest BCUT2D eigenvalue weighted by atomic mass is 9.86. The lowest BCUT2D eigenvalue weighted by Crippen LogP contribution is -2.14. The van der Waals surface area contributed by atoms with Crippen molar-refractivity contribution >= 4 is 34.2 Å². The van der Waals surface area contributed by atoms with Gasteiger partial charge in [-0.05, 0) is 54.1 Å². The van der Waals surface area contributed by atoms with Gasteiger partial charge in [0.25, 0.3) is 0 Å². The Kier molecular flexibility index (Phi) is 3.20. The molecule has 0 N–H and O–H groups in total. The standard InChI is InChI=1S/C10H9ClIN/c1-10(2,6-13)8-4-3-7(12)5-9(8)11/h3-5H,1-2H3. The van der Waals surface area contributed by atoms with Crippen LogP contribution in [0.3, 0.4) is 0 Å². The van der Waals surface area contributed by atoms with Gasteiger partial charge in [-0.25, -0.2) is 0 Å². The third-order valence-electron chi connectivity index (χ3n) is 1.88. The van der Waals surface area contributed by atoms with Gasteiger partial charge in [0.1, 0.15) is 0 Å². The van der Waals surface area contributed by atoms with E-state index in [1.807, 2.05) is 32.0 Å². The van der Waals surface area contributed by atoms with Crippen LogP contribution in [0.4, 0.5) is 0 Å². The zero-order valence-corrected chi connectivity index (χ0v) is 10.3. The molecule has 68 valence electrons. The van der Waals surface area contributed by atoms with Gasteiger partial charge in [-0.3, -0.25) is 0 Å². The third kappa shape index (κ3) is 2.35. The van der Waals surface area contributed by atoms with Crippen molar-refractivity contribution in [2.45, 2.75) is 19.3 Å². The number of nitrogens with zero attached hydrogens (tertiary/aromatic N) is 1. The first-order valence-electron chi connectivity index (χ1n) is 3.84. The molecule has 0 unspecified atom stereocenters. The van der Waals surface area contributed by atoms with Crippen molar-refractivity contribution in [2.75, 3.05) is 0 Å². The fraction of sp³-hybridized carbons (Fsp3) is 0.300. The Morgan fingerprint density at radius 3 is 2.54 bits per heavy atom. The summed E-state index contributed by atoms with van der Waals surface area (Å²) in [6.07, 6.45) is 0. The molecule has 0 amide bonds. The molecule has 0 heterocycles. The predicted octanol–water partition coefficient (Wildman–Crippen LogP) is 3.75. The van der Waals surface area contributed by atoms with Gasteiger partial charge in [0, 0.05) is 8.59 Å². The van der Waals surface area contributed by atoms with Crippen molar-refractivity contribution in [3.05, 3.63) is 32.4 Å². The summed E-state index contributed by atoms with van der Waals surface area (Å²) in [5.74, 6) is 0. The van der Waals surface area contributed by atoms with E-state index in [4.69, 9.17) is 16.9 Å². The van der Waals surface area contributed by atoms with Crippen LogP contribution in [0.2, 0.25) is 5.02 Å². The van der Waals surface area contributed by atoms with Crippen LogP contribution >= 0.6 is 34.2 Å². The molecule has 1 aromatic carbocycles. The second-order valence-electron chi connectivity index (χ2n) is 3.36. The number of nitriles is 1. The minimum Gasteiger partial charge on any atom is -0.197 e. The average Bonchev–Trinajstić information content (AvgIpc) is 2.03. The van der Waals surface area contributed by atoms with E-state index in [9.17, 15) is 0 Å². The van der Waals surface area contributed by atoms with E-state index in [1.54, 1.807) is 0 Å². The maximum absolute atomic E-state index is 8.93. The molecular formula is C10H9ClIN. The minimum absolute atomic E-state index is 0.512. The summed E-state index contributed by atoms with van der Waals surface area (Å²) in [4.78, 5) is 0. The predicted molar refractivity (Wildman–Crippen MR) is 62.8 cm³/mol. The summed E-state index contributed by atoms with van der Waals surface area (Å²) in [5.41, 5.74) is 0.374. The van der Waals surface area contributed by atoms with Crippen LogP contribution in [0.15, 0.2) is 18.2 Å². The van der Waals surface area contributed by atoms with Crippen LogP contribution in [0.5, 0.6) is 0 Å². The molecule has 3 heteroatoms. The largest absolute Gasteiger partial charge is 0.197 e. The molecule has 1 nitrogen and oxygen atoms in total. The van der Waals surface area contributed by atoms with Crippen LogP contribution in [-0.2, 0) is 5.41 Å². The van der Waals surface area contributed by atoms with Crippen LogP contribution in [0.1, 0.15) is 19.4 Å².